The van der Waals surface area contributed by atoms with Crippen LogP contribution < -0.4 is 9.64 Å². The predicted molar refractivity (Wildman–Crippen MR) is 119 cm³/mol. The van der Waals surface area contributed by atoms with Crippen LogP contribution in [0.25, 0.3) is 0 Å². The molecule has 1 aliphatic heterocycles. The number of fused-ring (bicyclic) bond motifs is 1. The van der Waals surface area contributed by atoms with Crippen molar-refractivity contribution in [3.63, 3.8) is 0 Å². The van der Waals surface area contributed by atoms with E-state index < -0.39 is 11.8 Å². The van der Waals surface area contributed by atoms with Crippen molar-refractivity contribution in [2.75, 3.05) is 18.1 Å². The molecule has 3 amide bonds. The molecule has 2 aromatic carbocycles. The lowest BCUT2D eigenvalue weighted by atomic mass is 10.0. The molecule has 0 unspecified atom stereocenters. The van der Waals surface area contributed by atoms with Crippen LogP contribution in [-0.4, -0.2) is 35.8 Å². The van der Waals surface area contributed by atoms with Gasteiger partial charge in [0.05, 0.1) is 43.0 Å². The normalized spacial score (nSPS) is 12.4. The van der Waals surface area contributed by atoms with E-state index in [1.54, 1.807) is 36.4 Å². The quantitative estimate of drug-likeness (QED) is 0.487. The van der Waals surface area contributed by atoms with Crippen LogP contribution in [0.2, 0.25) is 0 Å². The summed E-state index contributed by atoms with van der Waals surface area (Å²) in [5.41, 5.74) is 1.26. The minimum Gasteiger partial charge on any atom is -0.494 e. The molecular formula is C25H21N3O5. The number of benzene rings is 2. The molecule has 166 valence electrons. The van der Waals surface area contributed by atoms with E-state index in [1.165, 1.54) is 29.4 Å². The van der Waals surface area contributed by atoms with E-state index in [-0.39, 0.29) is 42.1 Å². The molecule has 0 atom stereocenters. The Balaban J connectivity index is 1.61. The van der Waals surface area contributed by atoms with Gasteiger partial charge in [-0.15, -0.1) is 0 Å². The lowest BCUT2D eigenvalue weighted by molar-refractivity contribution is 0.0631. The van der Waals surface area contributed by atoms with Crippen LogP contribution in [0.4, 0.5) is 5.69 Å². The third-order valence-electron chi connectivity index (χ3n) is 5.26. The smallest absolute Gasteiger partial charge is 0.261 e. The van der Waals surface area contributed by atoms with Crippen molar-refractivity contribution in [3.05, 3.63) is 83.3 Å². The fourth-order valence-corrected chi connectivity index (χ4v) is 3.68. The van der Waals surface area contributed by atoms with Crippen LogP contribution in [0, 0.1) is 11.3 Å². The van der Waals surface area contributed by atoms with Gasteiger partial charge in [-0.25, -0.2) is 0 Å². The van der Waals surface area contributed by atoms with E-state index in [0.29, 0.717) is 23.8 Å². The number of hydrogen-bond donors (Lipinski definition) is 0. The van der Waals surface area contributed by atoms with Crippen molar-refractivity contribution in [3.8, 4) is 11.8 Å². The summed E-state index contributed by atoms with van der Waals surface area (Å²) in [4.78, 5) is 41.5. The Morgan fingerprint density at radius 1 is 1.09 bits per heavy atom. The number of rotatable bonds is 8. The molecule has 1 aliphatic rings. The average Bonchev–Trinajstić information content (AvgIpc) is 3.43. The molecule has 0 radical (unpaired) electrons. The number of imide groups is 1. The second kappa shape index (κ2) is 9.40. The first-order chi connectivity index (χ1) is 16.0. The first-order valence-electron chi connectivity index (χ1n) is 10.5. The molecule has 0 aliphatic carbocycles. The maximum Gasteiger partial charge on any atom is 0.261 e. The molecule has 0 fully saturated rings. The molecule has 0 saturated heterocycles. The zero-order chi connectivity index (χ0) is 23.4. The molecule has 0 bridgehead atoms. The molecule has 4 rings (SSSR count). The Labute approximate surface area is 190 Å². The molecule has 0 spiro atoms. The Kier molecular flexibility index (Phi) is 6.22. The highest BCUT2D eigenvalue weighted by Gasteiger charge is 2.36. The monoisotopic (exact) mass is 443 g/mol. The second-order valence-corrected chi connectivity index (χ2v) is 7.33. The number of ether oxygens (including phenoxy) is 1. The van der Waals surface area contributed by atoms with Gasteiger partial charge in [0, 0.05) is 17.8 Å². The summed E-state index contributed by atoms with van der Waals surface area (Å²) >= 11 is 0. The molecule has 0 saturated carbocycles. The summed E-state index contributed by atoms with van der Waals surface area (Å²) in [6.45, 7) is 2.60. The van der Waals surface area contributed by atoms with Crippen LogP contribution >= 0.6 is 0 Å². The fraction of sp³-hybridized carbons (Fsp3) is 0.200. The summed E-state index contributed by atoms with van der Waals surface area (Å²) in [5.74, 6) is -0.128. The highest BCUT2D eigenvalue weighted by Crippen LogP contribution is 2.28. The highest BCUT2D eigenvalue weighted by atomic mass is 16.5. The van der Waals surface area contributed by atoms with E-state index in [4.69, 9.17) is 14.4 Å². The average molecular weight is 443 g/mol. The molecule has 8 heteroatoms. The third-order valence-corrected chi connectivity index (χ3v) is 5.26. The Morgan fingerprint density at radius 2 is 1.85 bits per heavy atom. The lowest BCUT2D eigenvalue weighted by Crippen LogP contribution is -2.32. The number of nitrogens with zero attached hydrogens (tertiary/aromatic N) is 3. The second-order valence-electron chi connectivity index (χ2n) is 7.33. The molecule has 8 nitrogen and oxygen atoms in total. The van der Waals surface area contributed by atoms with E-state index in [9.17, 15) is 14.4 Å². The summed E-state index contributed by atoms with van der Waals surface area (Å²) in [7, 11) is 0. The minimum atomic E-state index is -0.481. The van der Waals surface area contributed by atoms with Gasteiger partial charge in [-0.2, -0.15) is 5.26 Å². The van der Waals surface area contributed by atoms with Gasteiger partial charge in [0.25, 0.3) is 17.7 Å². The van der Waals surface area contributed by atoms with Crippen LogP contribution in [-0.2, 0) is 6.54 Å². The molecule has 0 N–H and O–H groups in total. The number of furan rings is 1. The van der Waals surface area contributed by atoms with Gasteiger partial charge >= 0.3 is 0 Å². The number of hydrogen-bond acceptors (Lipinski definition) is 6. The van der Waals surface area contributed by atoms with Crippen LogP contribution in [0.1, 0.15) is 50.2 Å². The standard InChI is InChI=1S/C25H21N3O5/c1-2-32-19-9-7-18(8-10-19)27(13-4-12-26)23(29)17-6-11-21-22(15-17)25(31)28(24(21)30)16-20-5-3-14-33-20/h3,5-11,14-15H,2,4,13,16H2,1H3. The SMILES string of the molecule is CCOc1ccc(N(CCC#N)C(=O)c2ccc3c(c2)C(=O)N(Cc2ccco2)C3=O)cc1. The van der Waals surface area contributed by atoms with Crippen molar-refractivity contribution in [2.45, 2.75) is 19.9 Å². The van der Waals surface area contributed by atoms with E-state index in [2.05, 4.69) is 6.07 Å². The van der Waals surface area contributed by atoms with E-state index in [1.807, 2.05) is 6.92 Å². The van der Waals surface area contributed by atoms with Crippen molar-refractivity contribution in [1.29, 1.82) is 5.26 Å². The lowest BCUT2D eigenvalue weighted by Gasteiger charge is -2.22. The van der Waals surface area contributed by atoms with Crippen LogP contribution in [0.5, 0.6) is 5.75 Å². The van der Waals surface area contributed by atoms with Gasteiger partial charge in [0.1, 0.15) is 11.5 Å². The van der Waals surface area contributed by atoms with E-state index >= 15 is 0 Å². The number of nitriles is 1. The first kappa shape index (κ1) is 21.8. The van der Waals surface area contributed by atoms with Crippen molar-refractivity contribution in [2.24, 2.45) is 0 Å². The fourth-order valence-electron chi connectivity index (χ4n) is 3.68. The summed E-state index contributed by atoms with van der Waals surface area (Å²) < 4.78 is 10.7. The third kappa shape index (κ3) is 4.34. The van der Waals surface area contributed by atoms with Gasteiger partial charge in [-0.05, 0) is 61.5 Å². The van der Waals surface area contributed by atoms with Gasteiger partial charge in [0.2, 0.25) is 0 Å². The number of carbonyl (C=O) groups is 3. The molecule has 2 heterocycles. The van der Waals surface area contributed by atoms with Crippen molar-refractivity contribution >= 4 is 23.4 Å². The summed E-state index contributed by atoms with van der Waals surface area (Å²) in [6, 6.07) is 16.9. The zero-order valence-corrected chi connectivity index (χ0v) is 18.0. The van der Waals surface area contributed by atoms with Crippen molar-refractivity contribution in [1.82, 2.24) is 4.90 Å². The Bertz CT molecular complexity index is 1230. The molecule has 33 heavy (non-hydrogen) atoms. The number of amides is 3. The maximum absolute atomic E-state index is 13.3. The highest BCUT2D eigenvalue weighted by molar-refractivity contribution is 6.22. The summed E-state index contributed by atoms with van der Waals surface area (Å²) in [5, 5.41) is 9.05. The first-order valence-corrected chi connectivity index (χ1v) is 10.5. The maximum atomic E-state index is 13.3. The predicted octanol–water partition coefficient (Wildman–Crippen LogP) is 4.03. The molecule has 3 aromatic rings. The van der Waals surface area contributed by atoms with Gasteiger partial charge in [-0.3, -0.25) is 19.3 Å². The number of carbonyl (C=O) groups excluding carboxylic acids is 3. The Morgan fingerprint density at radius 3 is 2.52 bits per heavy atom. The van der Waals surface area contributed by atoms with Gasteiger partial charge < -0.3 is 14.1 Å². The van der Waals surface area contributed by atoms with Crippen LogP contribution in [0.15, 0.2) is 65.3 Å². The van der Waals surface area contributed by atoms with Crippen molar-refractivity contribution < 1.29 is 23.5 Å². The number of anilines is 1. The minimum absolute atomic E-state index is 0.0170. The van der Waals surface area contributed by atoms with Gasteiger partial charge in [-0.1, -0.05) is 0 Å². The molecular weight excluding hydrogens is 422 g/mol. The largest absolute Gasteiger partial charge is 0.494 e. The van der Waals surface area contributed by atoms with Crippen LogP contribution in [0.3, 0.4) is 0 Å². The van der Waals surface area contributed by atoms with Gasteiger partial charge in [0.15, 0.2) is 0 Å². The Hall–Kier alpha value is -4.38. The topological polar surface area (TPSA) is 104 Å². The zero-order valence-electron chi connectivity index (χ0n) is 18.0. The van der Waals surface area contributed by atoms with E-state index in [0.717, 1.165) is 4.90 Å². The summed E-state index contributed by atoms with van der Waals surface area (Å²) in [6.07, 6.45) is 1.61. The molecule has 1 aromatic heterocycles.